The van der Waals surface area contributed by atoms with Gasteiger partial charge in [-0.15, -0.1) is 6.58 Å². The molecule has 1 N–H and O–H groups in total. The molecule has 1 aromatic rings. The van der Waals surface area contributed by atoms with Crippen molar-refractivity contribution < 1.29 is 0 Å². The van der Waals surface area contributed by atoms with E-state index in [1.54, 1.807) is 0 Å². The molecule has 1 saturated heterocycles. The number of hydrogen-bond acceptors (Lipinski definition) is 3. The zero-order valence-electron chi connectivity index (χ0n) is 11.5. The Hall–Kier alpha value is -1.29. The summed E-state index contributed by atoms with van der Waals surface area (Å²) in [4.78, 5) is 6.94. The van der Waals surface area contributed by atoms with Crippen molar-refractivity contribution in [3.8, 4) is 0 Å². The summed E-state index contributed by atoms with van der Waals surface area (Å²) in [5.74, 6) is 1.71. The number of anilines is 1. The van der Waals surface area contributed by atoms with Crippen LogP contribution in [0.2, 0.25) is 0 Å². The number of imidazole rings is 1. The molecule has 0 amide bonds. The molecule has 4 nitrogen and oxygen atoms in total. The molecule has 0 aromatic carbocycles. The second-order valence-electron chi connectivity index (χ2n) is 5.30. The van der Waals surface area contributed by atoms with Crippen LogP contribution in [0.3, 0.4) is 0 Å². The maximum Gasteiger partial charge on any atom is 0.203 e. The summed E-state index contributed by atoms with van der Waals surface area (Å²) in [5, 5.41) is 3.49. The van der Waals surface area contributed by atoms with Gasteiger partial charge in [0.25, 0.3) is 0 Å². The van der Waals surface area contributed by atoms with E-state index in [2.05, 4.69) is 39.6 Å². The number of nitrogens with zero attached hydrogens (tertiary/aromatic N) is 3. The van der Waals surface area contributed by atoms with Gasteiger partial charge >= 0.3 is 0 Å². The summed E-state index contributed by atoms with van der Waals surface area (Å²) < 4.78 is 2.12. The highest BCUT2D eigenvalue weighted by atomic mass is 15.2. The Morgan fingerprint density at radius 3 is 3.17 bits per heavy atom. The van der Waals surface area contributed by atoms with E-state index in [-0.39, 0.29) is 0 Å². The van der Waals surface area contributed by atoms with Crippen molar-refractivity contribution in [2.45, 2.75) is 26.3 Å². The molecule has 1 aliphatic rings. The second kappa shape index (κ2) is 6.05. The Morgan fingerprint density at radius 2 is 2.44 bits per heavy atom. The van der Waals surface area contributed by atoms with Crippen LogP contribution in [0.4, 0.5) is 5.95 Å². The van der Waals surface area contributed by atoms with Gasteiger partial charge in [0.15, 0.2) is 0 Å². The number of hydrogen-bond donors (Lipinski definition) is 1. The Morgan fingerprint density at radius 1 is 1.61 bits per heavy atom. The van der Waals surface area contributed by atoms with Gasteiger partial charge in [-0.3, -0.25) is 0 Å². The summed E-state index contributed by atoms with van der Waals surface area (Å²) in [5.41, 5.74) is 1.06. The first-order valence-electron chi connectivity index (χ1n) is 6.76. The van der Waals surface area contributed by atoms with Crippen molar-refractivity contribution in [1.29, 1.82) is 0 Å². The fraction of sp³-hybridized carbons (Fsp3) is 0.643. The number of piperidine rings is 1. The highest BCUT2D eigenvalue weighted by Gasteiger charge is 2.17. The quantitative estimate of drug-likeness (QED) is 0.810. The number of aryl methyl sites for hydroxylation is 1. The smallest absolute Gasteiger partial charge is 0.203 e. The average Bonchev–Trinajstić information content (AvgIpc) is 2.68. The Bertz CT molecular complexity index is 396. The first kappa shape index (κ1) is 13.1. The lowest BCUT2D eigenvalue weighted by molar-refractivity contribution is 0.217. The number of rotatable bonds is 5. The Kier molecular flexibility index (Phi) is 4.42. The third-order valence-corrected chi connectivity index (χ3v) is 3.49. The molecule has 100 valence electrons. The molecule has 0 aliphatic carbocycles. The number of nitrogens with one attached hydrogen (secondary N) is 1. The van der Waals surface area contributed by atoms with Gasteiger partial charge in [0.1, 0.15) is 0 Å². The van der Waals surface area contributed by atoms with Crippen LogP contribution in [0.1, 0.15) is 18.5 Å². The molecular formula is C14H24N4. The lowest BCUT2D eigenvalue weighted by Gasteiger charge is -2.29. The van der Waals surface area contributed by atoms with Gasteiger partial charge in [0, 0.05) is 25.8 Å². The lowest BCUT2D eigenvalue weighted by atomic mass is 9.99. The van der Waals surface area contributed by atoms with E-state index in [1.807, 2.05) is 13.0 Å². The fourth-order valence-corrected chi connectivity index (χ4v) is 2.64. The van der Waals surface area contributed by atoms with E-state index < -0.39 is 0 Å². The molecule has 1 aliphatic heterocycles. The number of aromatic nitrogens is 2. The van der Waals surface area contributed by atoms with Crippen molar-refractivity contribution >= 4 is 5.95 Å². The SMILES string of the molecule is C=CCn1cc(C)nc1NCC1CCCN(C)C1. The number of allylic oxidation sites excluding steroid dienone is 1. The minimum atomic E-state index is 0.734. The summed E-state index contributed by atoms with van der Waals surface area (Å²) in [7, 11) is 2.20. The molecular weight excluding hydrogens is 224 g/mol. The molecule has 1 aromatic heterocycles. The van der Waals surface area contributed by atoms with Gasteiger partial charge < -0.3 is 14.8 Å². The van der Waals surface area contributed by atoms with E-state index in [0.717, 1.165) is 30.6 Å². The molecule has 0 radical (unpaired) electrons. The van der Waals surface area contributed by atoms with Crippen molar-refractivity contribution in [2.24, 2.45) is 5.92 Å². The molecule has 2 heterocycles. The Labute approximate surface area is 110 Å². The monoisotopic (exact) mass is 248 g/mol. The van der Waals surface area contributed by atoms with Crippen LogP contribution in [0.5, 0.6) is 0 Å². The number of likely N-dealkylation sites (tertiary alicyclic amines) is 1. The maximum atomic E-state index is 4.52. The molecule has 0 bridgehead atoms. The molecule has 18 heavy (non-hydrogen) atoms. The summed E-state index contributed by atoms with van der Waals surface area (Å²) >= 11 is 0. The van der Waals surface area contributed by atoms with E-state index in [1.165, 1.54) is 25.9 Å². The molecule has 0 spiro atoms. The first-order valence-corrected chi connectivity index (χ1v) is 6.76. The highest BCUT2D eigenvalue weighted by molar-refractivity contribution is 5.29. The largest absolute Gasteiger partial charge is 0.355 e. The first-order chi connectivity index (χ1) is 8.69. The van der Waals surface area contributed by atoms with Gasteiger partial charge in [-0.25, -0.2) is 4.98 Å². The van der Waals surface area contributed by atoms with Crippen LogP contribution in [0.15, 0.2) is 18.9 Å². The highest BCUT2D eigenvalue weighted by Crippen LogP contribution is 2.16. The lowest BCUT2D eigenvalue weighted by Crippen LogP contribution is -2.35. The van der Waals surface area contributed by atoms with Crippen molar-refractivity contribution in [3.63, 3.8) is 0 Å². The van der Waals surface area contributed by atoms with Crippen LogP contribution in [0, 0.1) is 12.8 Å². The average molecular weight is 248 g/mol. The standard InChI is InChI=1S/C14H24N4/c1-4-7-18-10-12(2)16-14(18)15-9-13-6-5-8-17(3)11-13/h4,10,13H,1,5-9,11H2,2-3H3,(H,15,16). The van der Waals surface area contributed by atoms with Gasteiger partial charge in [-0.1, -0.05) is 6.08 Å². The molecule has 2 rings (SSSR count). The minimum absolute atomic E-state index is 0.734. The van der Waals surface area contributed by atoms with Gasteiger partial charge in [0.2, 0.25) is 5.95 Å². The molecule has 1 fully saturated rings. The van der Waals surface area contributed by atoms with Crippen molar-refractivity contribution in [3.05, 3.63) is 24.5 Å². The predicted octanol–water partition coefficient (Wildman–Crippen LogP) is 2.13. The maximum absolute atomic E-state index is 4.52. The van der Waals surface area contributed by atoms with Gasteiger partial charge in [0.05, 0.1) is 5.69 Å². The summed E-state index contributed by atoms with van der Waals surface area (Å²) in [6.07, 6.45) is 6.60. The third kappa shape index (κ3) is 3.35. The van der Waals surface area contributed by atoms with Crippen LogP contribution >= 0.6 is 0 Å². The van der Waals surface area contributed by atoms with E-state index in [0.29, 0.717) is 0 Å². The molecule has 1 unspecified atom stereocenters. The molecule has 0 saturated carbocycles. The van der Waals surface area contributed by atoms with Crippen molar-refractivity contribution in [1.82, 2.24) is 14.5 Å². The Balaban J connectivity index is 1.90. The van der Waals surface area contributed by atoms with Crippen LogP contribution in [0.25, 0.3) is 0 Å². The van der Waals surface area contributed by atoms with Gasteiger partial charge in [-0.05, 0) is 39.3 Å². The van der Waals surface area contributed by atoms with E-state index in [4.69, 9.17) is 0 Å². The van der Waals surface area contributed by atoms with Crippen LogP contribution < -0.4 is 5.32 Å². The molecule has 1 atom stereocenters. The van der Waals surface area contributed by atoms with Crippen LogP contribution in [-0.2, 0) is 6.54 Å². The molecule has 4 heteroatoms. The summed E-state index contributed by atoms with van der Waals surface area (Å²) in [6, 6.07) is 0. The van der Waals surface area contributed by atoms with E-state index >= 15 is 0 Å². The van der Waals surface area contributed by atoms with Gasteiger partial charge in [-0.2, -0.15) is 0 Å². The second-order valence-corrected chi connectivity index (χ2v) is 5.30. The predicted molar refractivity (Wildman–Crippen MR) is 75.9 cm³/mol. The topological polar surface area (TPSA) is 33.1 Å². The normalized spacial score (nSPS) is 20.9. The third-order valence-electron chi connectivity index (χ3n) is 3.49. The summed E-state index contributed by atoms with van der Waals surface area (Å²) in [6.45, 7) is 10.1. The van der Waals surface area contributed by atoms with E-state index in [9.17, 15) is 0 Å². The zero-order valence-corrected chi connectivity index (χ0v) is 11.5. The minimum Gasteiger partial charge on any atom is -0.355 e. The van der Waals surface area contributed by atoms with Crippen molar-refractivity contribution in [2.75, 3.05) is 32.0 Å². The fourth-order valence-electron chi connectivity index (χ4n) is 2.64. The zero-order chi connectivity index (χ0) is 13.0. The van der Waals surface area contributed by atoms with Crippen LogP contribution in [-0.4, -0.2) is 41.1 Å².